The van der Waals surface area contributed by atoms with Crippen LogP contribution in [-0.2, 0) is 0 Å². The van der Waals surface area contributed by atoms with Gasteiger partial charge in [0.15, 0.2) is 0 Å². The van der Waals surface area contributed by atoms with Gasteiger partial charge in [0.25, 0.3) is 23.6 Å². The van der Waals surface area contributed by atoms with Gasteiger partial charge in [0.1, 0.15) is 0 Å². The Labute approximate surface area is 231 Å². The summed E-state index contributed by atoms with van der Waals surface area (Å²) < 4.78 is 0. The first-order chi connectivity index (χ1) is 19.6. The summed E-state index contributed by atoms with van der Waals surface area (Å²) in [6.07, 6.45) is 0. The van der Waals surface area contributed by atoms with E-state index in [0.717, 1.165) is 4.90 Å². The molecule has 0 spiro atoms. The number of hydrogen-bond donors (Lipinski definition) is 2. The lowest BCUT2D eigenvalue weighted by Gasteiger charge is -2.17. The van der Waals surface area contributed by atoms with Crippen LogP contribution in [0.3, 0.4) is 0 Å². The SMILES string of the molecule is O=C([O-])c1cccc(NC(=O)c2cc(C(=O)Nc3cccc(C(=O)[O-])c3)cc(N3C(=O)c4ccccc4C3=O)c2)c1. The Hall–Kier alpha value is -6.10. The Morgan fingerprint density at radius 2 is 0.976 bits per heavy atom. The Balaban J connectivity index is 1.54. The first kappa shape index (κ1) is 26.5. The molecule has 0 aromatic heterocycles. The molecule has 0 aliphatic carbocycles. The number of amides is 4. The van der Waals surface area contributed by atoms with Crippen molar-refractivity contribution in [1.82, 2.24) is 0 Å². The minimum Gasteiger partial charge on any atom is -0.545 e. The van der Waals surface area contributed by atoms with E-state index >= 15 is 0 Å². The number of benzene rings is 4. The molecule has 4 amide bonds. The van der Waals surface area contributed by atoms with Crippen LogP contribution in [0.2, 0.25) is 0 Å². The summed E-state index contributed by atoms with van der Waals surface area (Å²) in [6.45, 7) is 0. The number of carboxylic acid groups (broad SMARTS) is 2. The molecular formula is C30H17N3O8-2. The summed E-state index contributed by atoms with van der Waals surface area (Å²) in [5.41, 5.74) is -0.157. The number of carboxylic acids is 2. The molecule has 11 heteroatoms. The predicted molar refractivity (Wildman–Crippen MR) is 141 cm³/mol. The first-order valence-electron chi connectivity index (χ1n) is 12.0. The van der Waals surface area contributed by atoms with E-state index in [1.807, 2.05) is 0 Å². The highest BCUT2D eigenvalue weighted by Gasteiger charge is 2.37. The summed E-state index contributed by atoms with van der Waals surface area (Å²) in [6, 6.07) is 20.4. The molecule has 0 fully saturated rings. The number of fused-ring (bicyclic) bond motifs is 1. The fourth-order valence-electron chi connectivity index (χ4n) is 4.28. The average molecular weight is 547 g/mol. The molecule has 0 saturated heterocycles. The van der Waals surface area contributed by atoms with Crippen molar-refractivity contribution in [3.8, 4) is 0 Å². The van der Waals surface area contributed by atoms with E-state index in [1.165, 1.54) is 78.9 Å². The number of anilines is 3. The van der Waals surface area contributed by atoms with Gasteiger partial charge in [0.2, 0.25) is 0 Å². The number of nitrogens with one attached hydrogen (secondary N) is 2. The van der Waals surface area contributed by atoms with Crippen molar-refractivity contribution < 1.29 is 39.0 Å². The van der Waals surface area contributed by atoms with E-state index in [9.17, 15) is 39.0 Å². The van der Waals surface area contributed by atoms with Crippen molar-refractivity contribution in [2.24, 2.45) is 0 Å². The normalized spacial score (nSPS) is 12.0. The van der Waals surface area contributed by atoms with Crippen LogP contribution in [-0.4, -0.2) is 35.6 Å². The fourth-order valence-corrected chi connectivity index (χ4v) is 4.28. The molecule has 0 saturated carbocycles. The van der Waals surface area contributed by atoms with Crippen LogP contribution in [0.1, 0.15) is 62.1 Å². The molecule has 202 valence electrons. The van der Waals surface area contributed by atoms with Crippen molar-refractivity contribution in [1.29, 1.82) is 0 Å². The van der Waals surface area contributed by atoms with E-state index in [-0.39, 0.29) is 50.4 Å². The zero-order valence-electron chi connectivity index (χ0n) is 20.9. The molecule has 2 N–H and O–H groups in total. The van der Waals surface area contributed by atoms with Gasteiger partial charge < -0.3 is 30.4 Å². The van der Waals surface area contributed by atoms with Crippen LogP contribution in [0.4, 0.5) is 17.1 Å². The second-order valence-corrected chi connectivity index (χ2v) is 8.90. The van der Waals surface area contributed by atoms with Crippen molar-refractivity contribution in [3.63, 3.8) is 0 Å². The maximum absolute atomic E-state index is 13.2. The summed E-state index contributed by atoms with van der Waals surface area (Å²) in [5.74, 6) is -5.75. The largest absolute Gasteiger partial charge is 0.545 e. The average Bonchev–Trinajstić information content (AvgIpc) is 3.22. The molecule has 4 aromatic rings. The highest BCUT2D eigenvalue weighted by Crippen LogP contribution is 2.30. The Bertz CT molecular complexity index is 1670. The zero-order chi connectivity index (χ0) is 29.3. The number of rotatable bonds is 7. The van der Waals surface area contributed by atoms with Gasteiger partial charge in [0.05, 0.1) is 28.8 Å². The smallest absolute Gasteiger partial charge is 0.266 e. The van der Waals surface area contributed by atoms with Gasteiger partial charge in [-0.2, -0.15) is 0 Å². The third-order valence-electron chi connectivity index (χ3n) is 6.21. The predicted octanol–water partition coefficient (Wildman–Crippen LogP) is 1.72. The second-order valence-electron chi connectivity index (χ2n) is 8.90. The lowest BCUT2D eigenvalue weighted by molar-refractivity contribution is -0.256. The Morgan fingerprint density at radius 1 is 0.537 bits per heavy atom. The van der Waals surface area contributed by atoms with E-state index in [0.29, 0.717) is 0 Å². The van der Waals surface area contributed by atoms with E-state index in [2.05, 4.69) is 10.6 Å². The molecule has 41 heavy (non-hydrogen) atoms. The standard InChI is InChI=1S/C30H19N3O8/c34-25(31-20-7-3-5-16(12-20)29(38)39)18-11-19(26(35)32-21-8-4-6-17(13-21)30(40)41)15-22(14-18)33-27(36)23-9-1-2-10-24(23)28(33)37/h1-15H,(H,31,34)(H,32,35)(H,38,39)(H,40,41)/p-2. The van der Waals surface area contributed by atoms with E-state index < -0.39 is 35.6 Å². The quantitative estimate of drug-likeness (QED) is 0.329. The van der Waals surface area contributed by atoms with Crippen LogP contribution in [0.25, 0.3) is 0 Å². The molecule has 5 rings (SSSR count). The maximum atomic E-state index is 13.2. The molecule has 0 bridgehead atoms. The van der Waals surface area contributed by atoms with Gasteiger partial charge in [-0.25, -0.2) is 4.90 Å². The minimum absolute atomic E-state index is 0.0685. The number of carbonyl (C=O) groups excluding carboxylic acids is 6. The summed E-state index contributed by atoms with van der Waals surface area (Å²) in [4.78, 5) is 76.0. The summed E-state index contributed by atoms with van der Waals surface area (Å²) in [5, 5.41) is 27.5. The molecular weight excluding hydrogens is 530 g/mol. The van der Waals surface area contributed by atoms with Crippen molar-refractivity contribution in [2.75, 3.05) is 15.5 Å². The lowest BCUT2D eigenvalue weighted by Crippen LogP contribution is -2.30. The molecule has 1 heterocycles. The topological polar surface area (TPSA) is 176 Å². The molecule has 0 radical (unpaired) electrons. The fraction of sp³-hybridized carbons (Fsp3) is 0. The van der Waals surface area contributed by atoms with Crippen molar-refractivity contribution >= 4 is 52.6 Å². The summed E-state index contributed by atoms with van der Waals surface area (Å²) in [7, 11) is 0. The molecule has 1 aliphatic rings. The first-order valence-corrected chi connectivity index (χ1v) is 12.0. The third-order valence-corrected chi connectivity index (χ3v) is 6.21. The number of carbonyl (C=O) groups is 6. The maximum Gasteiger partial charge on any atom is 0.266 e. The van der Waals surface area contributed by atoms with Gasteiger partial charge in [-0.05, 0) is 65.7 Å². The minimum atomic E-state index is -1.45. The highest BCUT2D eigenvalue weighted by molar-refractivity contribution is 6.34. The number of aromatic carboxylic acids is 2. The summed E-state index contributed by atoms with van der Waals surface area (Å²) >= 11 is 0. The number of imide groups is 1. The zero-order valence-corrected chi connectivity index (χ0v) is 20.9. The Kier molecular flexibility index (Phi) is 6.84. The highest BCUT2D eigenvalue weighted by atomic mass is 16.4. The molecule has 1 aliphatic heterocycles. The number of hydrogen-bond acceptors (Lipinski definition) is 8. The Morgan fingerprint density at radius 3 is 1.39 bits per heavy atom. The second kappa shape index (κ2) is 10.6. The molecule has 11 nitrogen and oxygen atoms in total. The lowest BCUT2D eigenvalue weighted by atomic mass is 10.1. The molecule has 0 atom stereocenters. The molecule has 4 aromatic carbocycles. The van der Waals surface area contributed by atoms with Crippen LogP contribution in [0, 0.1) is 0 Å². The monoisotopic (exact) mass is 547 g/mol. The van der Waals surface area contributed by atoms with E-state index in [1.54, 1.807) is 12.1 Å². The van der Waals surface area contributed by atoms with Crippen molar-refractivity contribution in [2.45, 2.75) is 0 Å². The van der Waals surface area contributed by atoms with Crippen LogP contribution < -0.4 is 25.7 Å². The van der Waals surface area contributed by atoms with Gasteiger partial charge in [-0.15, -0.1) is 0 Å². The van der Waals surface area contributed by atoms with Gasteiger partial charge in [-0.3, -0.25) is 19.2 Å². The molecule has 0 unspecified atom stereocenters. The van der Waals surface area contributed by atoms with Gasteiger partial charge >= 0.3 is 0 Å². The third kappa shape index (κ3) is 5.27. The van der Waals surface area contributed by atoms with Gasteiger partial charge in [-0.1, -0.05) is 36.4 Å². The van der Waals surface area contributed by atoms with E-state index in [4.69, 9.17) is 0 Å². The van der Waals surface area contributed by atoms with Crippen LogP contribution in [0.5, 0.6) is 0 Å². The van der Waals surface area contributed by atoms with Crippen LogP contribution >= 0.6 is 0 Å². The van der Waals surface area contributed by atoms with Crippen LogP contribution in [0.15, 0.2) is 91.0 Å². The number of nitrogens with zero attached hydrogens (tertiary/aromatic N) is 1. The van der Waals surface area contributed by atoms with Gasteiger partial charge in [0, 0.05) is 22.5 Å². The van der Waals surface area contributed by atoms with Crippen molar-refractivity contribution in [3.05, 3.63) is 124 Å².